The molecule has 11 heteroatoms. The normalized spacial score (nSPS) is 18.9. The van der Waals surface area contributed by atoms with Crippen LogP contribution in [0.1, 0.15) is 36.1 Å². The van der Waals surface area contributed by atoms with Crippen LogP contribution < -0.4 is 10.6 Å². The fourth-order valence-electron chi connectivity index (χ4n) is 4.39. The van der Waals surface area contributed by atoms with Crippen molar-refractivity contribution in [3.8, 4) is 11.4 Å². The fraction of sp³-hybridized carbons (Fsp3) is 0.391. The van der Waals surface area contributed by atoms with Gasteiger partial charge in [-0.2, -0.15) is 13.2 Å². The van der Waals surface area contributed by atoms with Gasteiger partial charge >= 0.3 is 6.18 Å². The molecule has 5 rings (SSSR count). The van der Waals surface area contributed by atoms with Gasteiger partial charge in [-0.25, -0.2) is 9.97 Å². The van der Waals surface area contributed by atoms with E-state index in [1.807, 2.05) is 12.1 Å². The molecule has 0 spiro atoms. The van der Waals surface area contributed by atoms with Crippen LogP contribution >= 0.6 is 11.3 Å². The lowest BCUT2D eigenvalue weighted by atomic mass is 9.90. The topological polar surface area (TPSA) is 91.4 Å². The van der Waals surface area contributed by atoms with Crippen LogP contribution in [0.4, 0.5) is 19.0 Å². The second-order valence-electron chi connectivity index (χ2n) is 8.57. The Morgan fingerprint density at radius 1 is 1.09 bits per heavy atom. The van der Waals surface area contributed by atoms with Crippen LogP contribution in [-0.2, 0) is 13.0 Å². The summed E-state index contributed by atoms with van der Waals surface area (Å²) in [7, 11) is 0. The third-order valence-electron chi connectivity index (χ3n) is 6.01. The Labute approximate surface area is 198 Å². The van der Waals surface area contributed by atoms with Gasteiger partial charge in [0.15, 0.2) is 5.82 Å². The first-order valence-corrected chi connectivity index (χ1v) is 12.0. The van der Waals surface area contributed by atoms with Crippen molar-refractivity contribution in [3.63, 3.8) is 0 Å². The highest BCUT2D eigenvalue weighted by molar-refractivity contribution is 7.18. The van der Waals surface area contributed by atoms with Gasteiger partial charge in [-0.1, -0.05) is 24.3 Å². The minimum Gasteiger partial charge on any atom is -0.367 e. The number of aromatic amines is 1. The van der Waals surface area contributed by atoms with Crippen LogP contribution in [0.25, 0.3) is 21.6 Å². The Hall–Kier alpha value is -3.05. The van der Waals surface area contributed by atoms with E-state index in [0.29, 0.717) is 22.1 Å². The van der Waals surface area contributed by atoms with Crippen LogP contribution in [-0.4, -0.2) is 43.4 Å². The first kappa shape index (κ1) is 22.7. The summed E-state index contributed by atoms with van der Waals surface area (Å²) in [6, 6.07) is 10.3. The number of aromatic nitrogens is 5. The maximum Gasteiger partial charge on any atom is 0.393 e. The van der Waals surface area contributed by atoms with Crippen LogP contribution in [0.3, 0.4) is 0 Å². The van der Waals surface area contributed by atoms with Crippen molar-refractivity contribution >= 4 is 27.4 Å². The molecule has 1 saturated carbocycles. The monoisotopic (exact) mass is 487 g/mol. The maximum absolute atomic E-state index is 12.8. The molecule has 1 fully saturated rings. The number of H-pyrrole nitrogens is 1. The van der Waals surface area contributed by atoms with Gasteiger partial charge in [-0.05, 0) is 37.3 Å². The predicted octanol–water partition coefficient (Wildman–Crippen LogP) is 5.09. The summed E-state index contributed by atoms with van der Waals surface area (Å²) in [4.78, 5) is 12.3. The number of thiophene rings is 1. The van der Waals surface area contributed by atoms with Crippen molar-refractivity contribution in [2.24, 2.45) is 0 Å². The molecular formula is C23H24F3N7S. The zero-order chi connectivity index (χ0) is 23.5. The molecule has 2 atom stereocenters. The third-order valence-corrected chi connectivity index (χ3v) is 7.05. The van der Waals surface area contributed by atoms with E-state index in [0.717, 1.165) is 55.0 Å². The molecule has 0 radical (unpaired) electrons. The van der Waals surface area contributed by atoms with Gasteiger partial charge in [0.05, 0.1) is 11.8 Å². The molecule has 3 aromatic heterocycles. The van der Waals surface area contributed by atoms with Crippen molar-refractivity contribution in [2.75, 3.05) is 5.32 Å². The van der Waals surface area contributed by atoms with Crippen molar-refractivity contribution in [2.45, 2.75) is 56.9 Å². The standard InChI is InChI=1S/C23H24F3N7S/c24-23(25,26)10-18-9-19-21(28-12-30-22(19)34-18)32-17-3-1-2-16(8-17)27-11-14-4-6-15(7-5-14)20-29-13-31-33-20/h4-7,9,12-13,16-17,27H,1-3,8,10-11H2,(H,28,30,32)(H,29,31,33)/t16-,17+/m0/s1. The Kier molecular flexibility index (Phi) is 6.46. The van der Waals surface area contributed by atoms with Gasteiger partial charge in [0.25, 0.3) is 0 Å². The second-order valence-corrected chi connectivity index (χ2v) is 9.68. The number of nitrogens with zero attached hydrogens (tertiary/aromatic N) is 4. The fourth-order valence-corrected chi connectivity index (χ4v) is 5.42. The summed E-state index contributed by atoms with van der Waals surface area (Å²) < 4.78 is 38.4. The molecule has 34 heavy (non-hydrogen) atoms. The van der Waals surface area contributed by atoms with Crippen LogP contribution in [0.2, 0.25) is 0 Å². The molecule has 178 valence electrons. The summed E-state index contributed by atoms with van der Waals surface area (Å²) in [5, 5.41) is 15.6. The van der Waals surface area contributed by atoms with Crippen molar-refractivity contribution < 1.29 is 13.2 Å². The van der Waals surface area contributed by atoms with Gasteiger partial charge in [-0.15, -0.1) is 21.5 Å². The number of fused-ring (bicyclic) bond motifs is 1. The Morgan fingerprint density at radius 2 is 1.91 bits per heavy atom. The molecular weight excluding hydrogens is 463 g/mol. The highest BCUT2D eigenvalue weighted by Crippen LogP contribution is 2.33. The van der Waals surface area contributed by atoms with E-state index in [1.165, 1.54) is 11.9 Å². The number of hydrogen-bond acceptors (Lipinski definition) is 7. The SMILES string of the molecule is FC(F)(F)Cc1cc2c(N[C@@H]3CCC[C@H](NCc4ccc(-c5nnc[nH]5)cc4)C3)ncnc2s1. The minimum absolute atomic E-state index is 0.198. The molecule has 1 aliphatic rings. The first-order chi connectivity index (χ1) is 16.4. The van der Waals surface area contributed by atoms with Crippen molar-refractivity contribution in [3.05, 3.63) is 53.4 Å². The van der Waals surface area contributed by atoms with Crippen molar-refractivity contribution in [1.29, 1.82) is 0 Å². The van der Waals surface area contributed by atoms with E-state index in [-0.39, 0.29) is 10.9 Å². The minimum atomic E-state index is -4.24. The zero-order valence-corrected chi connectivity index (χ0v) is 19.1. The lowest BCUT2D eigenvalue weighted by Crippen LogP contribution is -2.38. The Morgan fingerprint density at radius 3 is 2.68 bits per heavy atom. The quantitative estimate of drug-likeness (QED) is 0.336. The highest BCUT2D eigenvalue weighted by atomic mass is 32.1. The molecule has 3 heterocycles. The molecule has 3 N–H and O–H groups in total. The van der Waals surface area contributed by atoms with Crippen LogP contribution in [0, 0.1) is 0 Å². The number of alkyl halides is 3. The third kappa shape index (κ3) is 5.53. The zero-order valence-electron chi connectivity index (χ0n) is 18.3. The average Bonchev–Trinajstić information content (AvgIpc) is 3.48. The van der Waals surface area contributed by atoms with E-state index in [2.05, 4.69) is 47.9 Å². The predicted molar refractivity (Wildman–Crippen MR) is 125 cm³/mol. The number of benzene rings is 1. The first-order valence-electron chi connectivity index (χ1n) is 11.2. The van der Waals surface area contributed by atoms with Crippen LogP contribution in [0.15, 0.2) is 43.0 Å². The molecule has 0 saturated heterocycles. The number of nitrogens with one attached hydrogen (secondary N) is 3. The van der Waals surface area contributed by atoms with Gasteiger partial charge in [0.1, 0.15) is 23.3 Å². The van der Waals surface area contributed by atoms with Crippen molar-refractivity contribution in [1.82, 2.24) is 30.5 Å². The van der Waals surface area contributed by atoms with Gasteiger partial charge in [-0.3, -0.25) is 0 Å². The molecule has 0 aliphatic heterocycles. The largest absolute Gasteiger partial charge is 0.393 e. The van der Waals surface area contributed by atoms with E-state index in [1.54, 1.807) is 12.4 Å². The molecule has 7 nitrogen and oxygen atoms in total. The number of hydrogen-bond donors (Lipinski definition) is 3. The summed E-state index contributed by atoms with van der Waals surface area (Å²) >= 11 is 1.07. The average molecular weight is 488 g/mol. The summed E-state index contributed by atoms with van der Waals surface area (Å²) in [5.41, 5.74) is 2.18. The lowest BCUT2D eigenvalue weighted by molar-refractivity contribution is -0.126. The lowest BCUT2D eigenvalue weighted by Gasteiger charge is -2.31. The maximum atomic E-state index is 12.8. The molecule has 1 aliphatic carbocycles. The van der Waals surface area contributed by atoms with E-state index in [9.17, 15) is 13.2 Å². The van der Waals surface area contributed by atoms with Crippen LogP contribution in [0.5, 0.6) is 0 Å². The molecule has 0 bridgehead atoms. The smallest absolute Gasteiger partial charge is 0.367 e. The van der Waals surface area contributed by atoms with E-state index in [4.69, 9.17) is 0 Å². The number of rotatable bonds is 7. The van der Waals surface area contributed by atoms with Gasteiger partial charge in [0, 0.05) is 29.1 Å². The summed E-state index contributed by atoms with van der Waals surface area (Å²) in [6.45, 7) is 0.761. The van der Waals surface area contributed by atoms with E-state index < -0.39 is 12.6 Å². The number of anilines is 1. The van der Waals surface area contributed by atoms with E-state index >= 15 is 0 Å². The van der Waals surface area contributed by atoms with Gasteiger partial charge < -0.3 is 15.6 Å². The second kappa shape index (κ2) is 9.67. The highest BCUT2D eigenvalue weighted by Gasteiger charge is 2.29. The Bertz CT molecular complexity index is 1220. The molecule has 0 unspecified atom stereocenters. The molecule has 1 aromatic carbocycles. The van der Waals surface area contributed by atoms with Gasteiger partial charge in [0.2, 0.25) is 0 Å². The molecule has 0 amide bonds. The number of halogens is 3. The summed E-state index contributed by atoms with van der Waals surface area (Å²) in [6.07, 6.45) is 1.86. The summed E-state index contributed by atoms with van der Waals surface area (Å²) in [5.74, 6) is 1.36. The molecule has 4 aromatic rings. The Balaban J connectivity index is 1.19.